The zero-order valence-corrected chi connectivity index (χ0v) is 15.8. The third-order valence-electron chi connectivity index (χ3n) is 4.61. The third-order valence-corrected chi connectivity index (χ3v) is 4.61. The van der Waals surface area contributed by atoms with Gasteiger partial charge in [0.15, 0.2) is 11.2 Å². The quantitative estimate of drug-likeness (QED) is 0.845. The van der Waals surface area contributed by atoms with E-state index in [0.29, 0.717) is 36.7 Å². The molecule has 0 spiro atoms. The van der Waals surface area contributed by atoms with Gasteiger partial charge in [-0.15, -0.1) is 0 Å². The first kappa shape index (κ1) is 17.4. The van der Waals surface area contributed by atoms with E-state index < -0.39 is 0 Å². The van der Waals surface area contributed by atoms with Crippen LogP contribution in [0.3, 0.4) is 0 Å². The molecule has 0 radical (unpaired) electrons. The van der Waals surface area contributed by atoms with Crippen LogP contribution < -0.4 is 16.3 Å². The van der Waals surface area contributed by atoms with Crippen molar-refractivity contribution in [1.29, 1.82) is 0 Å². The second kappa shape index (κ2) is 5.86. The van der Waals surface area contributed by atoms with Crippen LogP contribution in [0.5, 0.6) is 0 Å². The van der Waals surface area contributed by atoms with Gasteiger partial charge in [-0.1, -0.05) is 27.7 Å². The van der Waals surface area contributed by atoms with E-state index in [9.17, 15) is 9.59 Å². The molecule has 8 nitrogen and oxygen atoms in total. The minimum atomic E-state index is -0.338. The summed E-state index contributed by atoms with van der Waals surface area (Å²) in [6.45, 7) is 11.8. The zero-order chi connectivity index (χ0) is 18.5. The Kier molecular flexibility index (Phi) is 4.09. The van der Waals surface area contributed by atoms with Crippen molar-refractivity contribution in [3.05, 3.63) is 20.8 Å². The van der Waals surface area contributed by atoms with Gasteiger partial charge in [0.1, 0.15) is 0 Å². The van der Waals surface area contributed by atoms with E-state index in [1.54, 1.807) is 14.0 Å². The van der Waals surface area contributed by atoms with E-state index in [-0.39, 0.29) is 16.7 Å². The highest BCUT2D eigenvalue weighted by Crippen LogP contribution is 2.28. The van der Waals surface area contributed by atoms with Crippen LogP contribution in [0.2, 0.25) is 0 Å². The van der Waals surface area contributed by atoms with Gasteiger partial charge < -0.3 is 0 Å². The smallest absolute Gasteiger partial charge is 0.297 e. The number of hydrazone groups is 1. The molecular weight excluding hydrogens is 320 g/mol. The average molecular weight is 346 g/mol. The molecule has 0 N–H and O–H groups in total. The van der Waals surface area contributed by atoms with Crippen molar-refractivity contribution in [3.8, 4) is 0 Å². The van der Waals surface area contributed by atoms with Crippen LogP contribution in [0.4, 0.5) is 5.95 Å². The minimum absolute atomic E-state index is 0.120. The topological polar surface area (TPSA) is 77.4 Å². The molecule has 0 atom stereocenters. The number of nitrogens with zero attached hydrogens (tertiary/aromatic N) is 6. The standard InChI is InChI=1S/C17H26N6O2/c1-7-9-23-15-18-13-12(14(24)21(8-2)16(25)20(13)6)22(15)10-11(19-23)17(3,4)5/h7-10H2,1-6H3. The number of rotatable bonds is 3. The molecule has 3 heterocycles. The fourth-order valence-electron chi connectivity index (χ4n) is 3.11. The summed E-state index contributed by atoms with van der Waals surface area (Å²) in [5, 5.41) is 6.63. The van der Waals surface area contributed by atoms with Crippen LogP contribution in [0, 0.1) is 5.41 Å². The van der Waals surface area contributed by atoms with Gasteiger partial charge in [-0.25, -0.2) is 9.80 Å². The van der Waals surface area contributed by atoms with E-state index in [4.69, 9.17) is 5.10 Å². The highest BCUT2D eigenvalue weighted by atomic mass is 16.2. The summed E-state index contributed by atoms with van der Waals surface area (Å²) < 4.78 is 4.61. The van der Waals surface area contributed by atoms with Crippen molar-refractivity contribution in [2.45, 2.75) is 54.1 Å². The summed E-state index contributed by atoms with van der Waals surface area (Å²) in [6, 6.07) is 0. The molecule has 136 valence electrons. The molecule has 0 fully saturated rings. The summed E-state index contributed by atoms with van der Waals surface area (Å²) in [5.41, 5.74) is 1.13. The van der Waals surface area contributed by atoms with Gasteiger partial charge in [-0.05, 0) is 13.3 Å². The molecule has 0 aliphatic carbocycles. The molecule has 0 saturated carbocycles. The summed E-state index contributed by atoms with van der Waals surface area (Å²) in [6.07, 6.45) is 0.905. The Morgan fingerprint density at radius 2 is 1.84 bits per heavy atom. The Morgan fingerprint density at radius 1 is 1.16 bits per heavy atom. The first-order valence-electron chi connectivity index (χ1n) is 8.76. The maximum Gasteiger partial charge on any atom is 0.332 e. The summed E-state index contributed by atoms with van der Waals surface area (Å²) in [7, 11) is 1.66. The number of fused-ring (bicyclic) bond motifs is 3. The van der Waals surface area contributed by atoms with Gasteiger partial charge in [-0.3, -0.25) is 18.5 Å². The van der Waals surface area contributed by atoms with Crippen LogP contribution in [-0.4, -0.2) is 30.9 Å². The maximum absolute atomic E-state index is 12.9. The van der Waals surface area contributed by atoms with Gasteiger partial charge in [0.2, 0.25) is 5.95 Å². The predicted molar refractivity (Wildman–Crippen MR) is 99.4 cm³/mol. The Bertz CT molecular complexity index is 970. The first-order valence-corrected chi connectivity index (χ1v) is 8.76. The number of imidazole rings is 1. The number of hydrogen-bond donors (Lipinski definition) is 0. The molecule has 3 rings (SSSR count). The Hall–Kier alpha value is -2.38. The van der Waals surface area contributed by atoms with E-state index in [0.717, 1.165) is 12.1 Å². The van der Waals surface area contributed by atoms with Gasteiger partial charge in [0.05, 0.1) is 12.3 Å². The van der Waals surface area contributed by atoms with Crippen LogP contribution in [0.15, 0.2) is 14.7 Å². The number of aryl methyl sites for hydroxylation is 1. The van der Waals surface area contributed by atoms with Gasteiger partial charge in [0, 0.05) is 25.6 Å². The van der Waals surface area contributed by atoms with Crippen LogP contribution in [-0.2, 0) is 20.1 Å². The summed E-state index contributed by atoms with van der Waals surface area (Å²) in [4.78, 5) is 29.9. The third kappa shape index (κ3) is 2.60. The molecular formula is C17H26N6O2. The highest BCUT2D eigenvalue weighted by Gasteiger charge is 2.31. The fraction of sp³-hybridized carbons (Fsp3) is 0.647. The molecule has 8 heteroatoms. The molecule has 25 heavy (non-hydrogen) atoms. The van der Waals surface area contributed by atoms with Gasteiger partial charge in [0.25, 0.3) is 5.56 Å². The van der Waals surface area contributed by atoms with Gasteiger partial charge >= 0.3 is 5.69 Å². The lowest BCUT2D eigenvalue weighted by molar-refractivity contribution is 0.548. The predicted octanol–water partition coefficient (Wildman–Crippen LogP) is 1.55. The summed E-state index contributed by atoms with van der Waals surface area (Å²) >= 11 is 0. The molecule has 2 aromatic rings. The van der Waals surface area contributed by atoms with E-state index in [1.165, 1.54) is 9.13 Å². The first-order chi connectivity index (χ1) is 11.7. The summed E-state index contributed by atoms with van der Waals surface area (Å²) in [5.74, 6) is 0.630. The second-order valence-corrected chi connectivity index (χ2v) is 7.48. The molecule has 0 amide bonds. The van der Waals surface area contributed by atoms with Crippen molar-refractivity contribution < 1.29 is 0 Å². The number of aromatic nitrogens is 4. The maximum atomic E-state index is 12.9. The Morgan fingerprint density at radius 3 is 2.40 bits per heavy atom. The van der Waals surface area contributed by atoms with Crippen molar-refractivity contribution >= 4 is 22.8 Å². The van der Waals surface area contributed by atoms with E-state index in [1.807, 2.05) is 9.58 Å². The monoisotopic (exact) mass is 346 g/mol. The molecule has 2 aromatic heterocycles. The molecule has 0 saturated heterocycles. The lowest BCUT2D eigenvalue weighted by Gasteiger charge is -2.31. The highest BCUT2D eigenvalue weighted by molar-refractivity contribution is 5.93. The molecule has 0 unspecified atom stereocenters. The van der Waals surface area contributed by atoms with Crippen LogP contribution in [0.25, 0.3) is 11.2 Å². The van der Waals surface area contributed by atoms with Crippen molar-refractivity contribution in [2.75, 3.05) is 11.6 Å². The molecule has 0 bridgehead atoms. The van der Waals surface area contributed by atoms with Crippen molar-refractivity contribution in [1.82, 2.24) is 18.7 Å². The van der Waals surface area contributed by atoms with E-state index >= 15 is 0 Å². The molecule has 0 aromatic carbocycles. The largest absolute Gasteiger partial charge is 0.332 e. The number of anilines is 1. The van der Waals surface area contributed by atoms with Gasteiger partial charge in [-0.2, -0.15) is 10.1 Å². The average Bonchev–Trinajstić information content (AvgIpc) is 2.93. The SMILES string of the molecule is CCCN1N=C(C(C)(C)C)Cn2c1nc1c2c(=O)n(CC)c(=O)n1C. The van der Waals surface area contributed by atoms with Crippen molar-refractivity contribution in [3.63, 3.8) is 0 Å². The van der Waals surface area contributed by atoms with Crippen LogP contribution in [0.1, 0.15) is 41.0 Å². The molecule has 1 aliphatic rings. The minimum Gasteiger partial charge on any atom is -0.297 e. The zero-order valence-electron chi connectivity index (χ0n) is 15.8. The second-order valence-electron chi connectivity index (χ2n) is 7.48. The fourth-order valence-corrected chi connectivity index (χ4v) is 3.11. The van der Waals surface area contributed by atoms with Crippen LogP contribution >= 0.6 is 0 Å². The van der Waals surface area contributed by atoms with E-state index in [2.05, 4.69) is 32.7 Å². The normalized spacial score (nSPS) is 14.8. The van der Waals surface area contributed by atoms with Crippen molar-refractivity contribution in [2.24, 2.45) is 17.6 Å². The lowest BCUT2D eigenvalue weighted by Crippen LogP contribution is -2.40. The lowest BCUT2D eigenvalue weighted by atomic mass is 9.89. The number of hydrogen-bond acceptors (Lipinski definition) is 5. The Labute approximate surface area is 146 Å². The molecule has 1 aliphatic heterocycles. The Balaban J connectivity index is 2.36.